The quantitative estimate of drug-likeness (QED) is 0.784. The van der Waals surface area contributed by atoms with Crippen LogP contribution in [0.5, 0.6) is 0 Å². The van der Waals surface area contributed by atoms with Crippen LogP contribution in [0.2, 0.25) is 0 Å². The lowest BCUT2D eigenvalue weighted by atomic mass is 9.78. The SMILES string of the molecule is C#C[C@H]1CCCN1C1CCN(c2ccc(N3CCC4(CCNCC4)C3=O)cc2)CC1. The molecular formula is C25H34N4O. The monoisotopic (exact) mass is 406 g/mol. The number of rotatable bonds is 3. The third-order valence-electron chi connectivity index (χ3n) is 8.02. The molecule has 0 unspecified atom stereocenters. The summed E-state index contributed by atoms with van der Waals surface area (Å²) in [6.45, 7) is 6.11. The molecule has 1 aromatic carbocycles. The van der Waals surface area contributed by atoms with Gasteiger partial charge in [0.15, 0.2) is 0 Å². The number of carbonyl (C=O) groups is 1. The molecule has 1 N–H and O–H groups in total. The summed E-state index contributed by atoms with van der Waals surface area (Å²) in [6.07, 6.45) is 13.5. The number of benzene rings is 1. The molecule has 0 bridgehead atoms. The van der Waals surface area contributed by atoms with E-state index in [0.29, 0.717) is 18.0 Å². The molecule has 4 aliphatic heterocycles. The summed E-state index contributed by atoms with van der Waals surface area (Å²) in [6, 6.07) is 9.68. The molecule has 160 valence electrons. The third-order valence-corrected chi connectivity index (χ3v) is 8.02. The molecule has 5 heteroatoms. The number of nitrogens with one attached hydrogen (secondary N) is 1. The van der Waals surface area contributed by atoms with E-state index < -0.39 is 0 Å². The Labute approximate surface area is 180 Å². The summed E-state index contributed by atoms with van der Waals surface area (Å²) < 4.78 is 0. The van der Waals surface area contributed by atoms with Crippen LogP contribution in [0, 0.1) is 17.8 Å². The highest BCUT2D eigenvalue weighted by molar-refractivity contribution is 6.00. The van der Waals surface area contributed by atoms with E-state index in [4.69, 9.17) is 6.42 Å². The molecule has 1 spiro atoms. The highest BCUT2D eigenvalue weighted by Gasteiger charge is 2.47. The van der Waals surface area contributed by atoms with Gasteiger partial charge in [-0.25, -0.2) is 0 Å². The van der Waals surface area contributed by atoms with Gasteiger partial charge in [0.25, 0.3) is 0 Å². The molecule has 4 aliphatic rings. The summed E-state index contributed by atoms with van der Waals surface area (Å²) in [5.41, 5.74) is 2.22. The number of piperidine rings is 2. The van der Waals surface area contributed by atoms with Crippen molar-refractivity contribution >= 4 is 17.3 Å². The third kappa shape index (κ3) is 3.50. The normalized spacial score (nSPS) is 27.7. The molecule has 4 saturated heterocycles. The van der Waals surface area contributed by atoms with Gasteiger partial charge in [-0.2, -0.15) is 0 Å². The first-order chi connectivity index (χ1) is 14.7. The van der Waals surface area contributed by atoms with Crippen molar-refractivity contribution < 1.29 is 4.79 Å². The first-order valence-corrected chi connectivity index (χ1v) is 11.8. The zero-order valence-corrected chi connectivity index (χ0v) is 18.0. The Morgan fingerprint density at radius 3 is 2.33 bits per heavy atom. The zero-order valence-electron chi connectivity index (χ0n) is 18.0. The topological polar surface area (TPSA) is 38.8 Å². The average molecular weight is 407 g/mol. The summed E-state index contributed by atoms with van der Waals surface area (Å²) in [4.78, 5) is 20.2. The largest absolute Gasteiger partial charge is 0.371 e. The van der Waals surface area contributed by atoms with Crippen LogP contribution in [-0.4, -0.2) is 62.2 Å². The number of amides is 1. The lowest BCUT2D eigenvalue weighted by Crippen LogP contribution is -2.46. The maximum absolute atomic E-state index is 13.2. The highest BCUT2D eigenvalue weighted by atomic mass is 16.2. The fourth-order valence-corrected chi connectivity index (χ4v) is 6.14. The minimum absolute atomic E-state index is 0.113. The smallest absolute Gasteiger partial charge is 0.233 e. The van der Waals surface area contributed by atoms with E-state index in [1.165, 1.54) is 24.9 Å². The molecule has 30 heavy (non-hydrogen) atoms. The number of carbonyl (C=O) groups excluding carboxylic acids is 1. The zero-order chi connectivity index (χ0) is 20.6. The van der Waals surface area contributed by atoms with Crippen LogP contribution in [0.15, 0.2) is 24.3 Å². The fourth-order valence-electron chi connectivity index (χ4n) is 6.14. The van der Waals surface area contributed by atoms with E-state index in [-0.39, 0.29) is 5.41 Å². The van der Waals surface area contributed by atoms with Gasteiger partial charge in [-0.15, -0.1) is 6.42 Å². The molecule has 4 heterocycles. The van der Waals surface area contributed by atoms with Crippen LogP contribution >= 0.6 is 0 Å². The molecule has 0 saturated carbocycles. The second-order valence-corrected chi connectivity index (χ2v) is 9.53. The van der Waals surface area contributed by atoms with Crippen LogP contribution in [-0.2, 0) is 4.79 Å². The molecule has 1 aromatic rings. The molecule has 5 rings (SSSR count). The number of anilines is 2. The average Bonchev–Trinajstić information content (AvgIpc) is 3.40. The Morgan fingerprint density at radius 2 is 1.63 bits per heavy atom. The minimum atomic E-state index is -0.113. The Hall–Kier alpha value is -2.03. The molecule has 4 fully saturated rings. The van der Waals surface area contributed by atoms with Crippen LogP contribution in [0.4, 0.5) is 11.4 Å². The Balaban J connectivity index is 1.20. The molecule has 0 radical (unpaired) electrons. The molecule has 0 aromatic heterocycles. The van der Waals surface area contributed by atoms with E-state index in [0.717, 1.165) is 70.6 Å². The van der Waals surface area contributed by atoms with Crippen molar-refractivity contribution in [2.24, 2.45) is 5.41 Å². The van der Waals surface area contributed by atoms with Crippen LogP contribution in [0.1, 0.15) is 44.9 Å². The van der Waals surface area contributed by atoms with Crippen molar-refractivity contribution in [3.05, 3.63) is 24.3 Å². The van der Waals surface area contributed by atoms with Crippen molar-refractivity contribution in [1.29, 1.82) is 0 Å². The van der Waals surface area contributed by atoms with Gasteiger partial charge in [0.1, 0.15) is 0 Å². The minimum Gasteiger partial charge on any atom is -0.371 e. The van der Waals surface area contributed by atoms with Gasteiger partial charge >= 0.3 is 0 Å². The van der Waals surface area contributed by atoms with Gasteiger partial charge in [0.2, 0.25) is 5.91 Å². The maximum atomic E-state index is 13.2. The van der Waals surface area contributed by atoms with E-state index in [2.05, 4.69) is 45.3 Å². The molecule has 1 amide bonds. The molecule has 1 atom stereocenters. The highest BCUT2D eigenvalue weighted by Crippen LogP contribution is 2.42. The number of nitrogens with zero attached hydrogens (tertiary/aromatic N) is 3. The summed E-state index contributed by atoms with van der Waals surface area (Å²) in [7, 11) is 0. The first-order valence-electron chi connectivity index (χ1n) is 11.8. The Morgan fingerprint density at radius 1 is 0.933 bits per heavy atom. The predicted molar refractivity (Wildman–Crippen MR) is 122 cm³/mol. The first kappa shape index (κ1) is 19.9. The molecular weight excluding hydrogens is 372 g/mol. The summed E-state index contributed by atoms with van der Waals surface area (Å²) in [5, 5.41) is 3.39. The Bertz CT molecular complexity index is 799. The summed E-state index contributed by atoms with van der Waals surface area (Å²) in [5.74, 6) is 3.33. The van der Waals surface area contributed by atoms with E-state index in [9.17, 15) is 4.79 Å². The maximum Gasteiger partial charge on any atom is 0.233 e. The number of hydrogen-bond donors (Lipinski definition) is 1. The molecule has 5 nitrogen and oxygen atoms in total. The van der Waals surface area contributed by atoms with Gasteiger partial charge < -0.3 is 15.1 Å². The second kappa shape index (κ2) is 8.24. The summed E-state index contributed by atoms with van der Waals surface area (Å²) >= 11 is 0. The predicted octanol–water partition coefficient (Wildman–Crippen LogP) is 2.86. The van der Waals surface area contributed by atoms with Gasteiger partial charge in [-0.1, -0.05) is 5.92 Å². The van der Waals surface area contributed by atoms with E-state index in [1.54, 1.807) is 0 Å². The van der Waals surface area contributed by atoms with Crippen molar-refractivity contribution in [3.63, 3.8) is 0 Å². The van der Waals surface area contributed by atoms with Crippen molar-refractivity contribution in [1.82, 2.24) is 10.2 Å². The van der Waals surface area contributed by atoms with Crippen molar-refractivity contribution in [3.8, 4) is 12.3 Å². The Kier molecular flexibility index (Phi) is 5.47. The number of hydrogen-bond acceptors (Lipinski definition) is 4. The second-order valence-electron chi connectivity index (χ2n) is 9.53. The lowest BCUT2D eigenvalue weighted by Gasteiger charge is -2.39. The van der Waals surface area contributed by atoms with Gasteiger partial charge in [-0.3, -0.25) is 9.69 Å². The van der Waals surface area contributed by atoms with Gasteiger partial charge in [0.05, 0.1) is 11.5 Å². The van der Waals surface area contributed by atoms with Crippen molar-refractivity contribution in [2.45, 2.75) is 57.0 Å². The van der Waals surface area contributed by atoms with Gasteiger partial charge in [-0.05, 0) is 88.8 Å². The van der Waals surface area contributed by atoms with Crippen LogP contribution in [0.3, 0.4) is 0 Å². The van der Waals surface area contributed by atoms with E-state index in [1.807, 2.05) is 4.90 Å². The van der Waals surface area contributed by atoms with Crippen molar-refractivity contribution in [2.75, 3.05) is 49.1 Å². The fraction of sp³-hybridized carbons (Fsp3) is 0.640. The standard InChI is InChI=1S/C25H34N4O/c1-2-20-4-3-16-28(20)23-9-17-27(18-10-23)21-5-7-22(8-6-21)29-19-13-25(24(29)30)11-14-26-15-12-25/h1,5-8,20,23,26H,3-4,9-19H2/t20-/m0/s1. The number of likely N-dealkylation sites (tertiary alicyclic amines) is 1. The van der Waals surface area contributed by atoms with E-state index >= 15 is 0 Å². The lowest BCUT2D eigenvalue weighted by molar-refractivity contribution is -0.126. The van der Waals surface area contributed by atoms with Gasteiger partial charge in [0, 0.05) is 37.1 Å². The van der Waals surface area contributed by atoms with Crippen LogP contribution in [0.25, 0.3) is 0 Å². The molecule has 0 aliphatic carbocycles. The van der Waals surface area contributed by atoms with Crippen LogP contribution < -0.4 is 15.1 Å². The number of terminal acetylenes is 1.